The van der Waals surface area contributed by atoms with Crippen molar-refractivity contribution in [3.05, 3.63) is 82.9 Å². The summed E-state index contributed by atoms with van der Waals surface area (Å²) < 4.78 is 41.2. The molecule has 0 saturated heterocycles. The van der Waals surface area contributed by atoms with Gasteiger partial charge in [0.05, 0.1) is 11.3 Å². The Bertz CT molecular complexity index is 1300. The van der Waals surface area contributed by atoms with Gasteiger partial charge in [-0.2, -0.15) is 18.2 Å². The number of aromatic nitrogens is 4. The average molecular weight is 428 g/mol. The molecule has 0 bridgehead atoms. The zero-order chi connectivity index (χ0) is 22.0. The van der Waals surface area contributed by atoms with Gasteiger partial charge in [0.15, 0.2) is 0 Å². The molecule has 0 unspecified atom stereocenters. The van der Waals surface area contributed by atoms with E-state index in [-0.39, 0.29) is 5.78 Å². The molecule has 0 saturated carbocycles. The third-order valence-corrected chi connectivity index (χ3v) is 4.30. The maximum absolute atomic E-state index is 13.1. The van der Waals surface area contributed by atoms with Gasteiger partial charge in [0.2, 0.25) is 5.91 Å². The standard InChI is InChI=1S/C20H15F3N6O2/c21-20(22,23)14-8-4-5-9-15(14)25-17(30)12-29-19(31)28-11-10-16(26-18(28)27-29)24-13-6-2-1-3-7-13/h1-11H,12H2,(H,25,30)(H,24,26,27). The van der Waals surface area contributed by atoms with Gasteiger partial charge in [0.25, 0.3) is 5.78 Å². The minimum atomic E-state index is -4.63. The van der Waals surface area contributed by atoms with Crippen LogP contribution in [0, 0.1) is 0 Å². The molecular weight excluding hydrogens is 413 g/mol. The number of alkyl halides is 3. The van der Waals surface area contributed by atoms with Crippen molar-refractivity contribution in [2.75, 3.05) is 10.6 Å². The number of hydrogen-bond donors (Lipinski definition) is 2. The molecule has 0 spiro atoms. The largest absolute Gasteiger partial charge is 0.418 e. The van der Waals surface area contributed by atoms with Crippen molar-refractivity contribution in [2.24, 2.45) is 0 Å². The zero-order valence-electron chi connectivity index (χ0n) is 15.8. The number of carbonyl (C=O) groups is 1. The van der Waals surface area contributed by atoms with E-state index < -0.39 is 35.6 Å². The van der Waals surface area contributed by atoms with E-state index in [0.29, 0.717) is 5.82 Å². The summed E-state index contributed by atoms with van der Waals surface area (Å²) in [7, 11) is 0. The first-order valence-electron chi connectivity index (χ1n) is 9.05. The molecule has 4 aromatic rings. The highest BCUT2D eigenvalue weighted by Crippen LogP contribution is 2.34. The van der Waals surface area contributed by atoms with E-state index in [1.807, 2.05) is 30.3 Å². The van der Waals surface area contributed by atoms with Gasteiger partial charge in [0, 0.05) is 11.9 Å². The summed E-state index contributed by atoms with van der Waals surface area (Å²) in [4.78, 5) is 29.0. The summed E-state index contributed by atoms with van der Waals surface area (Å²) in [5.74, 6) is -0.362. The SMILES string of the molecule is O=C(Cn1nc2nc(Nc3ccccc3)ccn2c1=O)Nc1ccccc1C(F)(F)F. The van der Waals surface area contributed by atoms with Crippen LogP contribution in [0.2, 0.25) is 0 Å². The second kappa shape index (κ2) is 7.94. The van der Waals surface area contributed by atoms with E-state index in [1.165, 1.54) is 18.3 Å². The summed E-state index contributed by atoms with van der Waals surface area (Å²) >= 11 is 0. The van der Waals surface area contributed by atoms with Crippen molar-refractivity contribution in [2.45, 2.75) is 12.7 Å². The minimum absolute atomic E-state index is 0.0365. The number of halogens is 3. The lowest BCUT2D eigenvalue weighted by molar-refractivity contribution is -0.137. The molecule has 0 aliphatic heterocycles. The van der Waals surface area contributed by atoms with Gasteiger partial charge in [-0.25, -0.2) is 13.9 Å². The van der Waals surface area contributed by atoms with Gasteiger partial charge in [0.1, 0.15) is 12.4 Å². The van der Waals surface area contributed by atoms with Crippen LogP contribution in [0.15, 0.2) is 71.7 Å². The molecule has 0 aliphatic rings. The number of rotatable bonds is 5. The van der Waals surface area contributed by atoms with Crippen LogP contribution in [0.5, 0.6) is 0 Å². The quantitative estimate of drug-likeness (QED) is 0.509. The minimum Gasteiger partial charge on any atom is -0.340 e. The Morgan fingerprint density at radius 3 is 2.45 bits per heavy atom. The fraction of sp³-hybridized carbons (Fsp3) is 0.100. The van der Waals surface area contributed by atoms with Crippen LogP contribution in [0.25, 0.3) is 5.78 Å². The lowest BCUT2D eigenvalue weighted by Gasteiger charge is -2.13. The van der Waals surface area contributed by atoms with E-state index in [1.54, 1.807) is 6.07 Å². The van der Waals surface area contributed by atoms with Gasteiger partial charge in [-0.1, -0.05) is 30.3 Å². The number of amides is 1. The average Bonchev–Trinajstić information content (AvgIpc) is 3.03. The number of carbonyl (C=O) groups excluding carboxylic acids is 1. The Labute approximate surface area is 173 Å². The first kappa shape index (κ1) is 20.1. The predicted molar refractivity (Wildman–Crippen MR) is 107 cm³/mol. The lowest BCUT2D eigenvalue weighted by atomic mass is 10.1. The number of nitrogens with zero attached hydrogens (tertiary/aromatic N) is 4. The molecule has 0 atom stereocenters. The number of para-hydroxylation sites is 2. The Balaban J connectivity index is 1.54. The molecule has 4 rings (SSSR count). The van der Waals surface area contributed by atoms with Crippen LogP contribution in [0.1, 0.15) is 5.56 Å². The highest BCUT2D eigenvalue weighted by atomic mass is 19.4. The second-order valence-electron chi connectivity index (χ2n) is 6.51. The molecule has 0 aliphatic carbocycles. The molecule has 8 nitrogen and oxygen atoms in total. The zero-order valence-corrected chi connectivity index (χ0v) is 15.8. The second-order valence-corrected chi connectivity index (χ2v) is 6.51. The maximum Gasteiger partial charge on any atom is 0.418 e. The van der Waals surface area contributed by atoms with E-state index in [2.05, 4.69) is 20.7 Å². The normalized spacial score (nSPS) is 11.5. The number of nitrogens with one attached hydrogen (secondary N) is 2. The molecular formula is C20H15F3N6O2. The number of hydrogen-bond acceptors (Lipinski definition) is 5. The van der Waals surface area contributed by atoms with Gasteiger partial charge in [-0.15, -0.1) is 5.10 Å². The summed E-state index contributed by atoms with van der Waals surface area (Å²) in [6, 6.07) is 15.4. The van der Waals surface area contributed by atoms with E-state index in [9.17, 15) is 22.8 Å². The van der Waals surface area contributed by atoms with Crippen molar-refractivity contribution in [3.8, 4) is 0 Å². The predicted octanol–water partition coefficient (Wildman–Crippen LogP) is 3.29. The van der Waals surface area contributed by atoms with Gasteiger partial charge < -0.3 is 10.6 Å². The van der Waals surface area contributed by atoms with E-state index in [0.717, 1.165) is 26.9 Å². The third-order valence-electron chi connectivity index (χ3n) is 4.30. The first-order valence-corrected chi connectivity index (χ1v) is 9.05. The van der Waals surface area contributed by atoms with Crippen LogP contribution < -0.4 is 16.3 Å². The van der Waals surface area contributed by atoms with E-state index in [4.69, 9.17) is 0 Å². The van der Waals surface area contributed by atoms with Crippen LogP contribution in [0.3, 0.4) is 0 Å². The molecule has 0 radical (unpaired) electrons. The maximum atomic E-state index is 13.1. The number of fused-ring (bicyclic) bond motifs is 1. The third kappa shape index (κ3) is 4.39. The molecule has 1 amide bonds. The highest BCUT2D eigenvalue weighted by Gasteiger charge is 2.33. The van der Waals surface area contributed by atoms with Gasteiger partial charge in [-0.3, -0.25) is 4.79 Å². The molecule has 2 aromatic heterocycles. The fourth-order valence-electron chi connectivity index (χ4n) is 2.91. The molecule has 158 valence electrons. The summed E-state index contributed by atoms with van der Waals surface area (Å²) in [5.41, 5.74) is -1.25. The van der Waals surface area contributed by atoms with E-state index >= 15 is 0 Å². The van der Waals surface area contributed by atoms with Crippen LogP contribution in [-0.2, 0) is 17.5 Å². The van der Waals surface area contributed by atoms with Crippen molar-refractivity contribution in [1.29, 1.82) is 0 Å². The van der Waals surface area contributed by atoms with Gasteiger partial charge >= 0.3 is 11.9 Å². The molecule has 31 heavy (non-hydrogen) atoms. The Morgan fingerprint density at radius 2 is 1.71 bits per heavy atom. The molecule has 11 heteroatoms. The number of benzene rings is 2. The Morgan fingerprint density at radius 1 is 1.00 bits per heavy atom. The topological polar surface area (TPSA) is 93.3 Å². The van der Waals surface area contributed by atoms with Crippen molar-refractivity contribution >= 4 is 28.9 Å². The van der Waals surface area contributed by atoms with Crippen molar-refractivity contribution in [1.82, 2.24) is 19.2 Å². The molecule has 2 aromatic carbocycles. The van der Waals surface area contributed by atoms with Crippen molar-refractivity contribution < 1.29 is 18.0 Å². The monoisotopic (exact) mass is 428 g/mol. The summed E-state index contributed by atoms with van der Waals surface area (Å²) in [5, 5.41) is 9.24. The molecule has 2 N–H and O–H groups in total. The summed E-state index contributed by atoms with van der Waals surface area (Å²) in [6.45, 7) is -0.574. The van der Waals surface area contributed by atoms with Gasteiger partial charge in [-0.05, 0) is 30.3 Å². The number of anilines is 3. The van der Waals surface area contributed by atoms with Crippen LogP contribution in [0.4, 0.5) is 30.4 Å². The van der Waals surface area contributed by atoms with Crippen LogP contribution >= 0.6 is 0 Å². The Hall–Kier alpha value is -4.15. The lowest BCUT2D eigenvalue weighted by Crippen LogP contribution is -2.28. The first-order chi connectivity index (χ1) is 14.8. The van der Waals surface area contributed by atoms with Crippen LogP contribution in [-0.4, -0.2) is 25.1 Å². The Kier molecular flexibility index (Phi) is 5.15. The molecule has 0 fully saturated rings. The molecule has 2 heterocycles. The smallest absolute Gasteiger partial charge is 0.340 e. The van der Waals surface area contributed by atoms with Crippen molar-refractivity contribution in [3.63, 3.8) is 0 Å². The highest BCUT2D eigenvalue weighted by molar-refractivity contribution is 5.91. The summed E-state index contributed by atoms with van der Waals surface area (Å²) in [6.07, 6.45) is -3.19. The fourth-order valence-corrected chi connectivity index (χ4v) is 2.91.